The minimum atomic E-state index is -0.452. The van der Waals surface area contributed by atoms with Gasteiger partial charge in [0.05, 0.1) is 0 Å². The predicted octanol–water partition coefficient (Wildman–Crippen LogP) is 2.25. The summed E-state index contributed by atoms with van der Waals surface area (Å²) < 4.78 is 5.91. The maximum Gasteiger partial charge on any atom is 0.187 e. The molecule has 122 valence electrons. The topological polar surface area (TPSA) is 63.7 Å². The van der Waals surface area contributed by atoms with Crippen molar-refractivity contribution in [2.45, 2.75) is 57.7 Å². The van der Waals surface area contributed by atoms with Crippen LogP contribution < -0.4 is 0 Å². The number of hydrogen-bond acceptors (Lipinski definition) is 4. The second kappa shape index (κ2) is 3.85. The van der Waals surface area contributed by atoms with Crippen LogP contribution in [0.2, 0.25) is 0 Å². The van der Waals surface area contributed by atoms with Gasteiger partial charge in [-0.1, -0.05) is 19.9 Å². The molecule has 0 radical (unpaired) electrons. The van der Waals surface area contributed by atoms with E-state index in [9.17, 15) is 14.4 Å². The summed E-state index contributed by atoms with van der Waals surface area (Å²) >= 11 is 0. The van der Waals surface area contributed by atoms with Crippen LogP contribution in [0.15, 0.2) is 12.2 Å². The van der Waals surface area contributed by atoms with E-state index in [4.69, 9.17) is 4.74 Å². The molecule has 3 saturated carbocycles. The Morgan fingerprint density at radius 1 is 1.17 bits per heavy atom. The number of rotatable bonds is 0. The van der Waals surface area contributed by atoms with Crippen LogP contribution in [0.25, 0.3) is 0 Å². The maximum absolute atomic E-state index is 13.1. The quantitative estimate of drug-likeness (QED) is 0.643. The first kappa shape index (κ1) is 14.1. The van der Waals surface area contributed by atoms with Gasteiger partial charge < -0.3 is 4.74 Å². The summed E-state index contributed by atoms with van der Waals surface area (Å²) in [6, 6.07) is 0. The lowest BCUT2D eigenvalue weighted by Crippen LogP contribution is -2.60. The molecule has 4 fully saturated rings. The van der Waals surface area contributed by atoms with Crippen molar-refractivity contribution in [3.05, 3.63) is 12.2 Å². The first-order valence-corrected chi connectivity index (χ1v) is 8.80. The van der Waals surface area contributed by atoms with Crippen LogP contribution in [-0.2, 0) is 19.1 Å². The molecule has 1 heterocycles. The van der Waals surface area contributed by atoms with E-state index in [-0.39, 0.29) is 35.3 Å². The molecule has 0 amide bonds. The van der Waals surface area contributed by atoms with Gasteiger partial charge in [-0.15, -0.1) is 0 Å². The summed E-state index contributed by atoms with van der Waals surface area (Å²) in [7, 11) is 0. The summed E-state index contributed by atoms with van der Waals surface area (Å²) in [6.45, 7) is 4.11. The van der Waals surface area contributed by atoms with E-state index in [0.717, 1.165) is 19.3 Å². The van der Waals surface area contributed by atoms with E-state index in [1.165, 1.54) is 0 Å². The third-order valence-electron chi connectivity index (χ3n) is 7.92. The number of Topliss-reactive ketones (excluding diaryl/α,β-unsaturated/α-hetero) is 2. The molecule has 5 aliphatic rings. The Balaban J connectivity index is 1.62. The third-order valence-corrected chi connectivity index (χ3v) is 7.92. The zero-order chi connectivity index (χ0) is 16.2. The van der Waals surface area contributed by atoms with Gasteiger partial charge in [-0.05, 0) is 37.2 Å². The van der Waals surface area contributed by atoms with Gasteiger partial charge in [0.2, 0.25) is 0 Å². The van der Waals surface area contributed by atoms with Crippen molar-refractivity contribution in [2.75, 3.05) is 0 Å². The fourth-order valence-electron chi connectivity index (χ4n) is 6.67. The summed E-state index contributed by atoms with van der Waals surface area (Å²) in [6.07, 6.45) is 6.87. The number of fused-ring (bicyclic) bond motifs is 4. The molecule has 0 unspecified atom stereocenters. The standard InChI is InChI=1S/C19H22O4/c1-17-9-13(21)15-10(11(17)3-4-14(17)22)5-8-19-16(23-19)12(20)6-7-18(15,19)2/h6-7,10-11,15-16H,3-5,8-9H2,1-2H3/t10-,11-,15+,16-,17-,18+,19-/m0/s1. The molecule has 0 aromatic rings. The summed E-state index contributed by atoms with van der Waals surface area (Å²) in [5.74, 6) is 0.995. The Morgan fingerprint density at radius 3 is 2.74 bits per heavy atom. The molecule has 5 rings (SSSR count). The van der Waals surface area contributed by atoms with Crippen molar-refractivity contribution < 1.29 is 19.1 Å². The molecular formula is C19H22O4. The van der Waals surface area contributed by atoms with Gasteiger partial charge >= 0.3 is 0 Å². The largest absolute Gasteiger partial charge is 0.356 e. The lowest BCUT2D eigenvalue weighted by Gasteiger charge is -2.55. The second-order valence-electron chi connectivity index (χ2n) is 8.71. The van der Waals surface area contributed by atoms with E-state index in [1.807, 2.05) is 13.0 Å². The Morgan fingerprint density at radius 2 is 1.96 bits per heavy atom. The van der Waals surface area contributed by atoms with Crippen molar-refractivity contribution in [3.63, 3.8) is 0 Å². The normalized spacial score (nSPS) is 56.7. The zero-order valence-electron chi connectivity index (χ0n) is 13.6. The van der Waals surface area contributed by atoms with E-state index in [0.29, 0.717) is 18.8 Å². The van der Waals surface area contributed by atoms with E-state index in [2.05, 4.69) is 6.92 Å². The number of carbonyl (C=O) groups is 3. The highest BCUT2D eigenvalue weighted by atomic mass is 16.6. The summed E-state index contributed by atoms with van der Waals surface area (Å²) in [4.78, 5) is 37.5. The average Bonchev–Trinajstić information content (AvgIpc) is 3.17. The molecule has 4 aliphatic carbocycles. The second-order valence-corrected chi connectivity index (χ2v) is 8.71. The summed E-state index contributed by atoms with van der Waals surface area (Å²) in [5.41, 5.74) is -1.29. The highest BCUT2D eigenvalue weighted by Crippen LogP contribution is 2.69. The lowest BCUT2D eigenvalue weighted by molar-refractivity contribution is -0.154. The van der Waals surface area contributed by atoms with Crippen LogP contribution in [0, 0.1) is 28.6 Å². The molecular weight excluding hydrogens is 292 g/mol. The van der Waals surface area contributed by atoms with Crippen molar-refractivity contribution in [3.8, 4) is 0 Å². The highest BCUT2D eigenvalue weighted by Gasteiger charge is 2.76. The molecule has 4 nitrogen and oxygen atoms in total. The van der Waals surface area contributed by atoms with Crippen LogP contribution in [0.3, 0.4) is 0 Å². The SMILES string of the molecule is C[C@]12CC(=O)[C@H]3[C@@H](CC[C@]45O[C@H]4C(=O)C=C[C@]35C)[C@@H]1CCC2=O. The fourth-order valence-corrected chi connectivity index (χ4v) is 6.67. The van der Waals surface area contributed by atoms with Gasteiger partial charge in [-0.25, -0.2) is 0 Å². The number of ether oxygens (including phenoxy) is 1. The van der Waals surface area contributed by atoms with Crippen LogP contribution >= 0.6 is 0 Å². The molecule has 4 heteroatoms. The average molecular weight is 314 g/mol. The van der Waals surface area contributed by atoms with Crippen molar-refractivity contribution in [2.24, 2.45) is 28.6 Å². The van der Waals surface area contributed by atoms with Crippen LogP contribution in [0.4, 0.5) is 0 Å². The number of epoxide rings is 1. The van der Waals surface area contributed by atoms with Gasteiger partial charge in [0, 0.05) is 29.6 Å². The first-order valence-electron chi connectivity index (χ1n) is 8.80. The molecule has 7 atom stereocenters. The third kappa shape index (κ3) is 1.37. The fraction of sp³-hybridized carbons (Fsp3) is 0.737. The molecule has 0 bridgehead atoms. The Hall–Kier alpha value is -1.29. The molecule has 23 heavy (non-hydrogen) atoms. The van der Waals surface area contributed by atoms with Crippen LogP contribution in [0.1, 0.15) is 46.0 Å². The molecule has 1 spiro atoms. The highest BCUT2D eigenvalue weighted by molar-refractivity contribution is 6.00. The summed E-state index contributed by atoms with van der Waals surface area (Å²) in [5, 5.41) is 0. The molecule has 0 aromatic heterocycles. The van der Waals surface area contributed by atoms with Crippen molar-refractivity contribution in [1.82, 2.24) is 0 Å². The molecule has 1 aliphatic heterocycles. The smallest absolute Gasteiger partial charge is 0.187 e. The molecule has 1 saturated heterocycles. The number of ketones is 3. The monoisotopic (exact) mass is 314 g/mol. The van der Waals surface area contributed by atoms with Gasteiger partial charge in [0.25, 0.3) is 0 Å². The van der Waals surface area contributed by atoms with Gasteiger partial charge in [-0.2, -0.15) is 0 Å². The van der Waals surface area contributed by atoms with Crippen molar-refractivity contribution in [1.29, 1.82) is 0 Å². The first-order chi connectivity index (χ1) is 10.8. The van der Waals surface area contributed by atoms with Gasteiger partial charge in [0.15, 0.2) is 11.9 Å². The minimum absolute atomic E-state index is 0.0464. The van der Waals surface area contributed by atoms with Crippen LogP contribution in [0.5, 0.6) is 0 Å². The maximum atomic E-state index is 13.1. The minimum Gasteiger partial charge on any atom is -0.356 e. The zero-order valence-corrected chi connectivity index (χ0v) is 13.6. The van der Waals surface area contributed by atoms with Gasteiger partial charge in [0.1, 0.15) is 17.2 Å². The van der Waals surface area contributed by atoms with E-state index >= 15 is 0 Å². The van der Waals surface area contributed by atoms with E-state index < -0.39 is 16.4 Å². The predicted molar refractivity (Wildman–Crippen MR) is 81.5 cm³/mol. The number of hydrogen-bond donors (Lipinski definition) is 0. The van der Waals surface area contributed by atoms with Crippen LogP contribution in [-0.4, -0.2) is 29.1 Å². The Labute approximate surface area is 135 Å². The van der Waals surface area contributed by atoms with E-state index in [1.54, 1.807) is 6.08 Å². The molecule has 0 aromatic carbocycles. The van der Waals surface area contributed by atoms with Crippen molar-refractivity contribution >= 4 is 17.3 Å². The Bertz CT molecular complexity index is 693. The lowest BCUT2D eigenvalue weighted by atomic mass is 9.46. The number of carbonyl (C=O) groups excluding carboxylic acids is 3. The Kier molecular flexibility index (Phi) is 2.36. The molecule has 0 N–H and O–H groups in total. The van der Waals surface area contributed by atoms with Gasteiger partial charge in [-0.3, -0.25) is 14.4 Å².